The van der Waals surface area contributed by atoms with Crippen LogP contribution in [0.5, 0.6) is 0 Å². The summed E-state index contributed by atoms with van der Waals surface area (Å²) in [7, 11) is 0. The van der Waals surface area contributed by atoms with E-state index < -0.39 is 0 Å². The van der Waals surface area contributed by atoms with Crippen molar-refractivity contribution < 1.29 is 0 Å². The van der Waals surface area contributed by atoms with Gasteiger partial charge in [-0.15, -0.1) is 0 Å². The molecular formula is C9H15I. The van der Waals surface area contributed by atoms with Crippen molar-refractivity contribution in [3.63, 3.8) is 0 Å². The maximum atomic E-state index is 2.65. The molecule has 1 heteroatoms. The Kier molecular flexibility index (Phi) is 1.96. The third-order valence-electron chi connectivity index (χ3n) is 3.49. The van der Waals surface area contributed by atoms with Gasteiger partial charge in [-0.25, -0.2) is 0 Å². The monoisotopic (exact) mass is 250 g/mol. The highest BCUT2D eigenvalue weighted by molar-refractivity contribution is 14.1. The van der Waals surface area contributed by atoms with E-state index in [1.165, 1.54) is 25.7 Å². The van der Waals surface area contributed by atoms with Crippen LogP contribution in [0, 0.1) is 17.8 Å². The first-order chi connectivity index (χ1) is 4.79. The second-order valence-electron chi connectivity index (χ2n) is 3.97. The number of halogens is 1. The zero-order valence-corrected chi connectivity index (χ0v) is 8.67. The van der Waals surface area contributed by atoms with Gasteiger partial charge in [-0.1, -0.05) is 42.4 Å². The van der Waals surface area contributed by atoms with Gasteiger partial charge in [0.1, 0.15) is 0 Å². The average Bonchev–Trinajstić information content (AvgIpc) is 2.41. The van der Waals surface area contributed by atoms with E-state index in [9.17, 15) is 0 Å². The van der Waals surface area contributed by atoms with E-state index in [1.54, 1.807) is 0 Å². The molecule has 2 fully saturated rings. The van der Waals surface area contributed by atoms with Crippen molar-refractivity contribution in [1.29, 1.82) is 0 Å². The van der Waals surface area contributed by atoms with E-state index in [0.717, 1.165) is 21.7 Å². The molecule has 0 heterocycles. The fourth-order valence-electron chi connectivity index (χ4n) is 2.82. The normalized spacial score (nSPS) is 53.4. The van der Waals surface area contributed by atoms with Gasteiger partial charge in [-0.3, -0.25) is 0 Å². The Bertz CT molecular complexity index is 131. The Labute approximate surface area is 76.9 Å². The molecule has 0 spiro atoms. The van der Waals surface area contributed by atoms with Gasteiger partial charge in [-0.05, 0) is 30.6 Å². The van der Waals surface area contributed by atoms with Crippen molar-refractivity contribution in [2.24, 2.45) is 17.8 Å². The van der Waals surface area contributed by atoms with Gasteiger partial charge >= 0.3 is 0 Å². The van der Waals surface area contributed by atoms with E-state index in [2.05, 4.69) is 29.5 Å². The number of fused-ring (bicyclic) bond motifs is 1. The summed E-state index contributed by atoms with van der Waals surface area (Å²) in [4.78, 5) is 0. The van der Waals surface area contributed by atoms with Crippen molar-refractivity contribution in [3.8, 4) is 0 Å². The molecule has 0 amide bonds. The van der Waals surface area contributed by atoms with Crippen LogP contribution in [0.25, 0.3) is 0 Å². The van der Waals surface area contributed by atoms with Crippen LogP contribution >= 0.6 is 22.6 Å². The van der Waals surface area contributed by atoms with Crippen molar-refractivity contribution in [2.75, 3.05) is 0 Å². The number of alkyl halides is 1. The molecule has 4 atom stereocenters. The highest BCUT2D eigenvalue weighted by Crippen LogP contribution is 2.49. The Morgan fingerprint density at radius 2 is 2.10 bits per heavy atom. The fourth-order valence-corrected chi connectivity index (χ4v) is 4.01. The van der Waals surface area contributed by atoms with E-state index in [1.807, 2.05) is 0 Å². The molecule has 10 heavy (non-hydrogen) atoms. The van der Waals surface area contributed by atoms with Crippen molar-refractivity contribution in [1.82, 2.24) is 0 Å². The molecule has 0 aromatic rings. The quantitative estimate of drug-likeness (QED) is 0.457. The lowest BCUT2D eigenvalue weighted by atomic mass is 9.94. The number of rotatable bonds is 0. The molecule has 2 saturated carbocycles. The highest BCUT2D eigenvalue weighted by atomic mass is 127. The van der Waals surface area contributed by atoms with Crippen LogP contribution in [0.15, 0.2) is 0 Å². The maximum Gasteiger partial charge on any atom is 0.0141 e. The predicted molar refractivity (Wildman–Crippen MR) is 52.4 cm³/mol. The second kappa shape index (κ2) is 2.65. The Morgan fingerprint density at radius 3 is 2.80 bits per heavy atom. The molecule has 0 radical (unpaired) electrons. The molecule has 0 saturated heterocycles. The van der Waals surface area contributed by atoms with Gasteiger partial charge in [0.2, 0.25) is 0 Å². The van der Waals surface area contributed by atoms with E-state index in [0.29, 0.717) is 0 Å². The second-order valence-corrected chi connectivity index (χ2v) is 5.57. The van der Waals surface area contributed by atoms with Gasteiger partial charge in [0.15, 0.2) is 0 Å². The molecule has 0 bridgehead atoms. The van der Waals surface area contributed by atoms with Crippen LogP contribution in [0.3, 0.4) is 0 Å². The van der Waals surface area contributed by atoms with Crippen LogP contribution < -0.4 is 0 Å². The standard InChI is InChI=1S/C9H15I/c1-6-8-4-2-3-7(8)5-9(6)10/h6-9H,2-5H2,1H3. The molecule has 0 aromatic carbocycles. The lowest BCUT2D eigenvalue weighted by molar-refractivity contribution is 0.380. The van der Waals surface area contributed by atoms with Crippen LogP contribution in [-0.2, 0) is 0 Å². The first-order valence-corrected chi connectivity index (χ1v) is 5.67. The van der Waals surface area contributed by atoms with Crippen LogP contribution in [0.4, 0.5) is 0 Å². The predicted octanol–water partition coefficient (Wildman–Crippen LogP) is 3.25. The molecule has 2 aliphatic rings. The van der Waals surface area contributed by atoms with Gasteiger partial charge in [-0.2, -0.15) is 0 Å². The smallest absolute Gasteiger partial charge is 0.0141 e. The summed E-state index contributed by atoms with van der Waals surface area (Å²) in [5.41, 5.74) is 0. The summed E-state index contributed by atoms with van der Waals surface area (Å²) in [6.45, 7) is 2.45. The van der Waals surface area contributed by atoms with Crippen LogP contribution in [-0.4, -0.2) is 3.92 Å². The molecular weight excluding hydrogens is 235 g/mol. The molecule has 0 nitrogen and oxygen atoms in total. The van der Waals surface area contributed by atoms with Crippen LogP contribution in [0.1, 0.15) is 32.6 Å². The summed E-state index contributed by atoms with van der Waals surface area (Å²) < 4.78 is 0.993. The first-order valence-electron chi connectivity index (χ1n) is 4.43. The molecule has 0 aliphatic heterocycles. The Morgan fingerprint density at radius 1 is 1.30 bits per heavy atom. The van der Waals surface area contributed by atoms with Crippen LogP contribution in [0.2, 0.25) is 0 Å². The van der Waals surface area contributed by atoms with Gasteiger partial charge < -0.3 is 0 Å². The molecule has 58 valence electrons. The van der Waals surface area contributed by atoms with Gasteiger partial charge in [0.25, 0.3) is 0 Å². The van der Waals surface area contributed by atoms with E-state index in [-0.39, 0.29) is 0 Å². The molecule has 0 N–H and O–H groups in total. The molecule has 0 aromatic heterocycles. The molecule has 2 rings (SSSR count). The molecule has 4 unspecified atom stereocenters. The lowest BCUT2D eigenvalue weighted by Crippen LogP contribution is -2.09. The minimum atomic E-state index is 0.993. The molecule has 2 aliphatic carbocycles. The summed E-state index contributed by atoms with van der Waals surface area (Å²) in [6, 6.07) is 0. The largest absolute Gasteiger partial charge is 0.0823 e. The third kappa shape index (κ3) is 1.01. The van der Waals surface area contributed by atoms with Gasteiger partial charge in [0, 0.05) is 3.92 Å². The Hall–Kier alpha value is 0.730. The fraction of sp³-hybridized carbons (Fsp3) is 1.00. The minimum absolute atomic E-state index is 0.993. The zero-order chi connectivity index (χ0) is 7.14. The summed E-state index contributed by atoms with van der Waals surface area (Å²) in [6.07, 6.45) is 6.11. The SMILES string of the molecule is CC1C(I)CC2CCCC21. The zero-order valence-electron chi connectivity index (χ0n) is 6.52. The van der Waals surface area contributed by atoms with Crippen molar-refractivity contribution in [2.45, 2.75) is 36.5 Å². The average molecular weight is 250 g/mol. The number of hydrogen-bond donors (Lipinski definition) is 0. The third-order valence-corrected chi connectivity index (χ3v) is 5.13. The van der Waals surface area contributed by atoms with E-state index in [4.69, 9.17) is 0 Å². The maximum absolute atomic E-state index is 2.65. The summed E-state index contributed by atoms with van der Waals surface area (Å²) in [5, 5.41) is 0. The van der Waals surface area contributed by atoms with Crippen molar-refractivity contribution in [3.05, 3.63) is 0 Å². The highest BCUT2D eigenvalue weighted by Gasteiger charge is 2.41. The minimum Gasteiger partial charge on any atom is -0.0823 e. The topological polar surface area (TPSA) is 0 Å². The van der Waals surface area contributed by atoms with Gasteiger partial charge in [0.05, 0.1) is 0 Å². The lowest BCUT2D eigenvalue weighted by Gasteiger charge is -2.14. The summed E-state index contributed by atoms with van der Waals surface area (Å²) >= 11 is 2.65. The first kappa shape index (κ1) is 7.38. The summed E-state index contributed by atoms with van der Waals surface area (Å²) in [5.74, 6) is 3.26. The van der Waals surface area contributed by atoms with Crippen molar-refractivity contribution >= 4 is 22.6 Å². The van der Waals surface area contributed by atoms with E-state index >= 15 is 0 Å². The Balaban J connectivity index is 2.09. The number of hydrogen-bond acceptors (Lipinski definition) is 0.